The van der Waals surface area contributed by atoms with Crippen LogP contribution < -0.4 is 11.1 Å². The van der Waals surface area contributed by atoms with E-state index in [1.807, 2.05) is 43.3 Å². The van der Waals surface area contributed by atoms with E-state index >= 15 is 0 Å². The second-order valence-electron chi connectivity index (χ2n) is 4.09. The molecular formula is C14H12Br2N2S. The molecule has 5 heteroatoms. The molecule has 0 aliphatic rings. The smallest absolute Gasteiger partial charge is 0.106 e. The first-order chi connectivity index (χ1) is 8.99. The number of halogens is 2. The lowest BCUT2D eigenvalue weighted by atomic mass is 10.1. The van der Waals surface area contributed by atoms with Gasteiger partial charge < -0.3 is 11.1 Å². The number of thiocarbonyl (C=S) groups is 1. The predicted molar refractivity (Wildman–Crippen MR) is 92.2 cm³/mol. The maximum atomic E-state index is 5.77. The van der Waals surface area contributed by atoms with Crippen molar-refractivity contribution in [2.24, 2.45) is 5.73 Å². The van der Waals surface area contributed by atoms with E-state index in [4.69, 9.17) is 18.0 Å². The van der Waals surface area contributed by atoms with Crippen LogP contribution in [-0.2, 0) is 0 Å². The summed E-state index contributed by atoms with van der Waals surface area (Å²) in [6.07, 6.45) is 0. The topological polar surface area (TPSA) is 38.0 Å². The van der Waals surface area contributed by atoms with Crippen molar-refractivity contribution in [1.82, 2.24) is 0 Å². The van der Waals surface area contributed by atoms with Crippen molar-refractivity contribution in [1.29, 1.82) is 0 Å². The van der Waals surface area contributed by atoms with Crippen molar-refractivity contribution in [2.45, 2.75) is 6.92 Å². The number of hydrogen-bond acceptors (Lipinski definition) is 2. The second kappa shape index (κ2) is 6.03. The van der Waals surface area contributed by atoms with Gasteiger partial charge in [0, 0.05) is 25.9 Å². The molecule has 0 atom stereocenters. The summed E-state index contributed by atoms with van der Waals surface area (Å²) in [4.78, 5) is 0.372. The van der Waals surface area contributed by atoms with Crippen molar-refractivity contribution in [3.05, 3.63) is 56.5 Å². The van der Waals surface area contributed by atoms with Gasteiger partial charge in [-0.2, -0.15) is 0 Å². The molecule has 0 aliphatic heterocycles. The van der Waals surface area contributed by atoms with Crippen LogP contribution >= 0.6 is 44.1 Å². The van der Waals surface area contributed by atoms with Gasteiger partial charge >= 0.3 is 0 Å². The van der Waals surface area contributed by atoms with Crippen LogP contribution in [0.3, 0.4) is 0 Å². The summed E-state index contributed by atoms with van der Waals surface area (Å²) in [5.41, 5.74) is 9.65. The summed E-state index contributed by atoms with van der Waals surface area (Å²) in [6, 6.07) is 11.8. The Kier molecular flexibility index (Phi) is 4.60. The van der Waals surface area contributed by atoms with E-state index in [-0.39, 0.29) is 0 Å². The molecule has 0 unspecified atom stereocenters. The Labute approximate surface area is 134 Å². The molecule has 0 aromatic heterocycles. The number of nitrogens with two attached hydrogens (primary N) is 1. The average molecular weight is 400 g/mol. The molecule has 0 bridgehead atoms. The third-order valence-electron chi connectivity index (χ3n) is 2.78. The Bertz CT molecular complexity index is 641. The molecule has 0 spiro atoms. The van der Waals surface area contributed by atoms with E-state index in [1.165, 1.54) is 0 Å². The molecule has 2 nitrogen and oxygen atoms in total. The second-order valence-corrected chi connectivity index (χ2v) is 6.30. The maximum absolute atomic E-state index is 5.77. The largest absolute Gasteiger partial charge is 0.389 e. The minimum absolute atomic E-state index is 0.372. The van der Waals surface area contributed by atoms with Crippen molar-refractivity contribution >= 4 is 60.4 Å². The summed E-state index contributed by atoms with van der Waals surface area (Å²) >= 11 is 12.0. The zero-order valence-electron chi connectivity index (χ0n) is 10.2. The standard InChI is InChI=1S/C14H12Br2N2S/c1-8-11(16)3-2-4-12(8)18-13-6-5-9(15)7-10(13)14(17)19/h2-7,18H,1H3,(H2,17,19). The molecule has 0 amide bonds. The third-order valence-corrected chi connectivity index (χ3v) is 4.36. The number of benzene rings is 2. The highest BCUT2D eigenvalue weighted by Crippen LogP contribution is 2.29. The Morgan fingerprint density at radius 3 is 2.58 bits per heavy atom. The van der Waals surface area contributed by atoms with E-state index in [1.54, 1.807) is 0 Å². The van der Waals surface area contributed by atoms with Crippen LogP contribution in [0.2, 0.25) is 0 Å². The highest BCUT2D eigenvalue weighted by Gasteiger charge is 2.08. The predicted octanol–water partition coefficient (Wildman–Crippen LogP) is 4.90. The van der Waals surface area contributed by atoms with Crippen molar-refractivity contribution in [3.63, 3.8) is 0 Å². The van der Waals surface area contributed by atoms with E-state index < -0.39 is 0 Å². The number of nitrogens with one attached hydrogen (secondary N) is 1. The zero-order chi connectivity index (χ0) is 14.0. The van der Waals surface area contributed by atoms with Gasteiger partial charge in [0.15, 0.2) is 0 Å². The summed E-state index contributed by atoms with van der Waals surface area (Å²) in [6.45, 7) is 2.05. The van der Waals surface area contributed by atoms with Gasteiger partial charge in [-0.25, -0.2) is 0 Å². The van der Waals surface area contributed by atoms with Crippen LogP contribution in [0.1, 0.15) is 11.1 Å². The van der Waals surface area contributed by atoms with Crippen LogP contribution in [0.4, 0.5) is 11.4 Å². The average Bonchev–Trinajstić information content (AvgIpc) is 2.36. The Morgan fingerprint density at radius 2 is 1.89 bits per heavy atom. The molecule has 98 valence electrons. The fourth-order valence-electron chi connectivity index (χ4n) is 1.72. The van der Waals surface area contributed by atoms with E-state index in [2.05, 4.69) is 37.2 Å². The van der Waals surface area contributed by atoms with Gasteiger partial charge in [-0.15, -0.1) is 0 Å². The van der Waals surface area contributed by atoms with Crippen molar-refractivity contribution in [2.75, 3.05) is 5.32 Å². The Balaban J connectivity index is 2.44. The lowest BCUT2D eigenvalue weighted by molar-refractivity contribution is 1.39. The van der Waals surface area contributed by atoms with Crippen molar-refractivity contribution < 1.29 is 0 Å². The van der Waals surface area contributed by atoms with Gasteiger partial charge in [0.05, 0.1) is 0 Å². The highest BCUT2D eigenvalue weighted by atomic mass is 79.9. The monoisotopic (exact) mass is 398 g/mol. The fraction of sp³-hybridized carbons (Fsp3) is 0.0714. The van der Waals surface area contributed by atoms with Crippen LogP contribution in [-0.4, -0.2) is 4.99 Å². The molecule has 19 heavy (non-hydrogen) atoms. The first kappa shape index (κ1) is 14.5. The van der Waals surface area contributed by atoms with Crippen LogP contribution in [0, 0.1) is 6.92 Å². The van der Waals surface area contributed by atoms with E-state index in [9.17, 15) is 0 Å². The lowest BCUT2D eigenvalue weighted by Crippen LogP contribution is -2.12. The molecule has 2 rings (SSSR count). The zero-order valence-corrected chi connectivity index (χ0v) is 14.2. The van der Waals surface area contributed by atoms with E-state index in [0.29, 0.717) is 4.99 Å². The maximum Gasteiger partial charge on any atom is 0.106 e. The quantitative estimate of drug-likeness (QED) is 0.721. The molecule has 0 fully saturated rings. The first-order valence-corrected chi connectivity index (χ1v) is 7.60. The SMILES string of the molecule is Cc1c(Br)cccc1Nc1ccc(Br)cc1C(N)=S. The molecule has 2 aromatic carbocycles. The first-order valence-electron chi connectivity index (χ1n) is 5.60. The molecule has 0 heterocycles. The number of hydrogen-bond donors (Lipinski definition) is 2. The fourth-order valence-corrected chi connectivity index (χ4v) is 2.61. The summed E-state index contributed by atoms with van der Waals surface area (Å²) in [5.74, 6) is 0. The molecular weight excluding hydrogens is 388 g/mol. The van der Waals surface area contributed by atoms with Crippen molar-refractivity contribution in [3.8, 4) is 0 Å². The molecule has 0 radical (unpaired) electrons. The van der Waals surface area contributed by atoms with Gasteiger partial charge in [0.1, 0.15) is 4.99 Å². The minimum atomic E-state index is 0.372. The van der Waals surface area contributed by atoms with Gasteiger partial charge in [0.25, 0.3) is 0 Å². The van der Waals surface area contributed by atoms with Crippen LogP contribution in [0.25, 0.3) is 0 Å². The van der Waals surface area contributed by atoms with Gasteiger partial charge in [0.2, 0.25) is 0 Å². The van der Waals surface area contributed by atoms with Gasteiger partial charge in [-0.3, -0.25) is 0 Å². The number of anilines is 2. The molecule has 0 saturated heterocycles. The summed E-state index contributed by atoms with van der Waals surface area (Å²) in [5, 5.41) is 3.37. The van der Waals surface area contributed by atoms with Crippen LogP contribution in [0.5, 0.6) is 0 Å². The van der Waals surface area contributed by atoms with Gasteiger partial charge in [-0.05, 0) is 42.8 Å². The molecule has 3 N–H and O–H groups in total. The summed E-state index contributed by atoms with van der Waals surface area (Å²) < 4.78 is 2.01. The normalized spacial score (nSPS) is 10.3. The van der Waals surface area contributed by atoms with Gasteiger partial charge in [-0.1, -0.05) is 50.1 Å². The Morgan fingerprint density at radius 1 is 1.16 bits per heavy atom. The van der Waals surface area contributed by atoms with Crippen LogP contribution in [0.15, 0.2) is 45.3 Å². The highest BCUT2D eigenvalue weighted by molar-refractivity contribution is 9.10. The molecule has 0 aliphatic carbocycles. The molecule has 0 saturated carbocycles. The number of rotatable bonds is 3. The summed E-state index contributed by atoms with van der Waals surface area (Å²) in [7, 11) is 0. The van der Waals surface area contributed by atoms with E-state index in [0.717, 1.165) is 31.4 Å². The third kappa shape index (κ3) is 3.35. The molecule has 2 aromatic rings. The minimum Gasteiger partial charge on any atom is -0.389 e. The lowest BCUT2D eigenvalue weighted by Gasteiger charge is -2.14. The Hall–Kier alpha value is -0.910.